The molecule has 0 aliphatic carbocycles. The van der Waals surface area contributed by atoms with E-state index in [9.17, 15) is 4.79 Å². The van der Waals surface area contributed by atoms with Crippen LogP contribution in [-0.4, -0.2) is 25.0 Å². The van der Waals surface area contributed by atoms with E-state index in [0.717, 1.165) is 0 Å². The van der Waals surface area contributed by atoms with Crippen LogP contribution in [0.2, 0.25) is 0 Å². The molecule has 3 heterocycles. The van der Waals surface area contributed by atoms with Crippen molar-refractivity contribution in [3.63, 3.8) is 0 Å². The molecule has 2 fully saturated rings. The van der Waals surface area contributed by atoms with Gasteiger partial charge in [-0.15, -0.1) is 5.10 Å². The van der Waals surface area contributed by atoms with Crippen LogP contribution in [0.5, 0.6) is 0 Å². The molecule has 0 saturated carbocycles. The van der Waals surface area contributed by atoms with Crippen LogP contribution in [0.25, 0.3) is 0 Å². The van der Waals surface area contributed by atoms with Gasteiger partial charge in [0.15, 0.2) is 9.90 Å². The SMILES string of the molecule is NC1(C(=O)c2cn(C3(N)SS3)nn2)SS1. The van der Waals surface area contributed by atoms with Crippen LogP contribution >= 0.6 is 43.2 Å². The third-order valence-electron chi connectivity index (χ3n) is 1.88. The average molecular weight is 279 g/mol. The van der Waals surface area contributed by atoms with Crippen molar-refractivity contribution in [1.29, 1.82) is 0 Å². The van der Waals surface area contributed by atoms with Gasteiger partial charge < -0.3 is 5.73 Å². The molecule has 1 aromatic heterocycles. The van der Waals surface area contributed by atoms with Crippen molar-refractivity contribution in [1.82, 2.24) is 15.0 Å². The first-order chi connectivity index (χ1) is 7.04. The van der Waals surface area contributed by atoms with Crippen LogP contribution in [0.3, 0.4) is 0 Å². The van der Waals surface area contributed by atoms with Crippen LogP contribution in [0, 0.1) is 0 Å². The molecule has 2 saturated heterocycles. The number of nitrogens with zero attached hydrogens (tertiary/aromatic N) is 3. The summed E-state index contributed by atoms with van der Waals surface area (Å²) in [5, 5.41) is 7.60. The Bertz CT molecular complexity index is 438. The fourth-order valence-electron chi connectivity index (χ4n) is 0.938. The lowest BCUT2D eigenvalue weighted by molar-refractivity contribution is 0.0979. The van der Waals surface area contributed by atoms with Crippen LogP contribution in [0.1, 0.15) is 10.5 Å². The lowest BCUT2D eigenvalue weighted by Crippen LogP contribution is -2.30. The number of rotatable bonds is 3. The first kappa shape index (κ1) is 10.3. The van der Waals surface area contributed by atoms with Gasteiger partial charge in [0.25, 0.3) is 0 Å². The molecule has 1 aromatic rings. The Kier molecular flexibility index (Phi) is 2.11. The third-order valence-corrected chi connectivity index (χ3v) is 6.76. The van der Waals surface area contributed by atoms with Gasteiger partial charge in [-0.1, -0.05) is 5.21 Å². The van der Waals surface area contributed by atoms with Crippen LogP contribution in [0.15, 0.2) is 6.20 Å². The smallest absolute Gasteiger partial charge is 0.226 e. The molecule has 0 unspecified atom stereocenters. The van der Waals surface area contributed by atoms with E-state index >= 15 is 0 Å². The Morgan fingerprint density at radius 2 is 2.00 bits per heavy atom. The number of nitrogens with two attached hydrogens (primary N) is 2. The summed E-state index contributed by atoms with van der Waals surface area (Å²) in [6.07, 6.45) is 1.55. The van der Waals surface area contributed by atoms with Gasteiger partial charge in [0.05, 0.1) is 6.20 Å². The Hall–Kier alpha value is 0.130. The Morgan fingerprint density at radius 1 is 1.33 bits per heavy atom. The van der Waals surface area contributed by atoms with Gasteiger partial charge in [0, 0.05) is 0 Å². The molecule has 10 heteroatoms. The standard InChI is InChI=1S/C5H5N5OS4/c6-4(12-13-4)3(11)2-1-10(9-8-2)5(7)14-15-5/h1H,6-7H2. The summed E-state index contributed by atoms with van der Waals surface area (Å²) >= 11 is 0. The van der Waals surface area contributed by atoms with E-state index in [1.165, 1.54) is 47.9 Å². The maximum Gasteiger partial charge on any atom is 0.226 e. The molecule has 0 atom stereocenters. The van der Waals surface area contributed by atoms with Crippen molar-refractivity contribution >= 4 is 49.0 Å². The molecule has 15 heavy (non-hydrogen) atoms. The fourth-order valence-corrected chi connectivity index (χ4v) is 3.24. The maximum absolute atomic E-state index is 11.8. The largest absolute Gasteiger partial charge is 0.300 e. The highest BCUT2D eigenvalue weighted by atomic mass is 33.2. The molecular formula is C5H5N5OS4. The predicted octanol–water partition coefficient (Wildman–Crippen LogP) is 0.390. The van der Waals surface area contributed by atoms with E-state index in [4.69, 9.17) is 11.5 Å². The van der Waals surface area contributed by atoms with Crippen LogP contribution in [0.4, 0.5) is 0 Å². The molecule has 80 valence electrons. The normalized spacial score (nSPS) is 24.9. The van der Waals surface area contributed by atoms with Crippen molar-refractivity contribution in [3.8, 4) is 0 Å². The second-order valence-electron chi connectivity index (χ2n) is 3.01. The van der Waals surface area contributed by atoms with Crippen molar-refractivity contribution in [2.45, 2.75) is 8.53 Å². The van der Waals surface area contributed by atoms with E-state index in [1.807, 2.05) is 0 Å². The lowest BCUT2D eigenvalue weighted by Gasteiger charge is -2.02. The number of hydrogen-bond acceptors (Lipinski definition) is 9. The zero-order valence-electron chi connectivity index (χ0n) is 7.11. The molecule has 0 radical (unpaired) electrons. The quantitative estimate of drug-likeness (QED) is 0.462. The molecule has 2 aliphatic rings. The van der Waals surface area contributed by atoms with E-state index in [-0.39, 0.29) is 11.5 Å². The first-order valence-corrected chi connectivity index (χ1v) is 8.13. The zero-order valence-corrected chi connectivity index (χ0v) is 10.4. The second kappa shape index (κ2) is 3.08. The Morgan fingerprint density at radius 3 is 2.53 bits per heavy atom. The number of aromatic nitrogens is 3. The highest BCUT2D eigenvalue weighted by Crippen LogP contribution is 2.64. The fraction of sp³-hybridized carbons (Fsp3) is 0.400. The number of Topliss-reactive ketones (excluding diaryl/α,β-unsaturated/α-hetero) is 1. The van der Waals surface area contributed by atoms with Gasteiger partial charge >= 0.3 is 0 Å². The van der Waals surface area contributed by atoms with Crippen LogP contribution < -0.4 is 11.5 Å². The van der Waals surface area contributed by atoms with E-state index in [0.29, 0.717) is 0 Å². The summed E-state index contributed by atoms with van der Waals surface area (Å²) in [7, 11) is 5.61. The van der Waals surface area contributed by atoms with Crippen molar-refractivity contribution < 1.29 is 4.79 Å². The maximum atomic E-state index is 11.8. The molecule has 6 nitrogen and oxygen atoms in total. The van der Waals surface area contributed by atoms with Gasteiger partial charge in [-0.2, -0.15) is 0 Å². The number of hydrogen-bond donors (Lipinski definition) is 2. The van der Waals surface area contributed by atoms with Crippen molar-refractivity contribution in [2.24, 2.45) is 11.5 Å². The highest BCUT2D eigenvalue weighted by molar-refractivity contribution is 8.94. The van der Waals surface area contributed by atoms with E-state index in [2.05, 4.69) is 10.3 Å². The highest BCUT2D eigenvalue weighted by Gasteiger charge is 2.52. The number of ketones is 1. The van der Waals surface area contributed by atoms with Crippen molar-refractivity contribution in [3.05, 3.63) is 11.9 Å². The zero-order chi connectivity index (χ0) is 10.7. The average Bonchev–Trinajstić information content (AvgIpc) is 3.08. The molecule has 0 aromatic carbocycles. The van der Waals surface area contributed by atoms with Gasteiger partial charge in [0.2, 0.25) is 10.1 Å². The minimum atomic E-state index is -0.855. The molecule has 3 rings (SSSR count). The minimum Gasteiger partial charge on any atom is -0.300 e. The lowest BCUT2D eigenvalue weighted by atomic mass is 10.3. The summed E-state index contributed by atoms with van der Waals surface area (Å²) in [5.41, 5.74) is 11.8. The predicted molar refractivity (Wildman–Crippen MR) is 63.8 cm³/mol. The van der Waals surface area contributed by atoms with Gasteiger partial charge in [0.1, 0.15) is 0 Å². The van der Waals surface area contributed by atoms with E-state index < -0.39 is 8.53 Å². The molecule has 4 N–H and O–H groups in total. The summed E-state index contributed by atoms with van der Waals surface area (Å²) in [6.45, 7) is 0. The Labute approximate surface area is 100 Å². The van der Waals surface area contributed by atoms with Gasteiger partial charge in [-0.05, 0) is 43.2 Å². The van der Waals surface area contributed by atoms with Crippen LogP contribution in [-0.2, 0) is 4.33 Å². The van der Waals surface area contributed by atoms with Gasteiger partial charge in [-0.25, -0.2) is 4.68 Å². The summed E-state index contributed by atoms with van der Waals surface area (Å²) in [5.74, 6) is -0.206. The first-order valence-electron chi connectivity index (χ1n) is 3.83. The number of carbonyl (C=O) groups excluding carboxylic acids is 1. The molecular weight excluding hydrogens is 274 g/mol. The molecule has 0 spiro atoms. The number of carbonyl (C=O) groups is 1. The Balaban J connectivity index is 1.87. The molecule has 2 aliphatic heterocycles. The molecule has 0 bridgehead atoms. The van der Waals surface area contributed by atoms with E-state index in [1.54, 1.807) is 6.20 Å². The minimum absolute atomic E-state index is 0.206. The second-order valence-corrected chi connectivity index (χ2v) is 8.73. The van der Waals surface area contributed by atoms with Crippen molar-refractivity contribution in [2.75, 3.05) is 0 Å². The summed E-state index contributed by atoms with van der Waals surface area (Å²) in [4.78, 5) is 11.8. The van der Waals surface area contributed by atoms with Gasteiger partial charge in [-0.3, -0.25) is 10.5 Å². The third kappa shape index (κ3) is 1.68. The summed E-state index contributed by atoms with van der Waals surface area (Å²) in [6, 6.07) is 0. The topological polar surface area (TPSA) is 99.8 Å². The monoisotopic (exact) mass is 279 g/mol. The summed E-state index contributed by atoms with van der Waals surface area (Å²) < 4.78 is 0.0419. The molecule has 0 amide bonds.